The van der Waals surface area contributed by atoms with Gasteiger partial charge >= 0.3 is 5.97 Å². The second-order valence-corrected chi connectivity index (χ2v) is 7.27. The van der Waals surface area contributed by atoms with E-state index in [1.807, 2.05) is 30.3 Å². The van der Waals surface area contributed by atoms with Gasteiger partial charge in [-0.1, -0.05) is 30.3 Å². The number of aromatic nitrogens is 1. The number of fused-ring (bicyclic) bond motifs is 1. The highest BCUT2D eigenvalue weighted by atomic mass is 32.1. The molecule has 1 atom stereocenters. The SMILES string of the molecule is C[C@H]1C(=O)Nc2ccc(C(=O)COC(=O)c3csc(-c4ccccc4)n3)cc21. The number of Topliss-reactive ketones (excluding diaryl/α,β-unsaturated/α-hetero) is 1. The van der Waals surface area contributed by atoms with Gasteiger partial charge < -0.3 is 10.1 Å². The zero-order valence-electron chi connectivity index (χ0n) is 15.0. The van der Waals surface area contributed by atoms with Gasteiger partial charge in [-0.05, 0) is 30.7 Å². The van der Waals surface area contributed by atoms with E-state index in [-0.39, 0.29) is 29.9 Å². The Labute approximate surface area is 165 Å². The molecular weight excluding hydrogens is 376 g/mol. The van der Waals surface area contributed by atoms with Gasteiger partial charge in [-0.2, -0.15) is 0 Å². The number of benzene rings is 2. The van der Waals surface area contributed by atoms with Crippen LogP contribution in [0.2, 0.25) is 0 Å². The molecule has 0 radical (unpaired) electrons. The van der Waals surface area contributed by atoms with E-state index in [4.69, 9.17) is 4.74 Å². The fourth-order valence-electron chi connectivity index (χ4n) is 2.96. The van der Waals surface area contributed by atoms with Crippen molar-refractivity contribution in [1.82, 2.24) is 4.98 Å². The molecule has 140 valence electrons. The second kappa shape index (κ2) is 7.36. The standard InChI is InChI=1S/C21H16N2O4S/c1-12-15-9-14(7-8-16(15)22-19(12)25)18(24)10-27-21(26)17-11-28-20(23-17)13-5-3-2-4-6-13/h2-9,11-12H,10H2,1H3,(H,22,25)/t12-/m1/s1. The van der Waals surface area contributed by atoms with Crippen LogP contribution in [0.1, 0.15) is 39.3 Å². The highest BCUT2D eigenvalue weighted by Gasteiger charge is 2.27. The van der Waals surface area contributed by atoms with Gasteiger partial charge in [-0.15, -0.1) is 11.3 Å². The summed E-state index contributed by atoms with van der Waals surface area (Å²) in [5, 5.41) is 5.08. The van der Waals surface area contributed by atoms with Gasteiger partial charge in [0.2, 0.25) is 5.91 Å². The fourth-order valence-corrected chi connectivity index (χ4v) is 3.76. The topological polar surface area (TPSA) is 85.4 Å². The summed E-state index contributed by atoms with van der Waals surface area (Å²) in [6.45, 7) is 1.40. The summed E-state index contributed by atoms with van der Waals surface area (Å²) in [6.07, 6.45) is 0. The van der Waals surface area contributed by atoms with Crippen molar-refractivity contribution < 1.29 is 19.1 Å². The largest absolute Gasteiger partial charge is 0.453 e. The van der Waals surface area contributed by atoms with Gasteiger partial charge in [0.05, 0.1) is 5.92 Å². The van der Waals surface area contributed by atoms with Crippen LogP contribution in [0, 0.1) is 0 Å². The molecule has 1 aromatic heterocycles. The van der Waals surface area contributed by atoms with E-state index >= 15 is 0 Å². The fraction of sp³-hybridized carbons (Fsp3) is 0.143. The molecule has 0 unspecified atom stereocenters. The number of esters is 1. The van der Waals surface area contributed by atoms with Crippen molar-refractivity contribution in [3.05, 3.63) is 70.7 Å². The molecule has 2 heterocycles. The summed E-state index contributed by atoms with van der Waals surface area (Å²) in [5.74, 6) is -1.38. The number of ketones is 1. The van der Waals surface area contributed by atoms with Crippen LogP contribution in [0.15, 0.2) is 53.9 Å². The van der Waals surface area contributed by atoms with E-state index in [0.29, 0.717) is 16.3 Å². The number of carbonyl (C=O) groups is 3. The maximum atomic E-state index is 12.4. The first kappa shape index (κ1) is 18.1. The van der Waals surface area contributed by atoms with Crippen molar-refractivity contribution in [2.24, 2.45) is 0 Å². The third-order valence-corrected chi connectivity index (χ3v) is 5.45. The van der Waals surface area contributed by atoms with E-state index < -0.39 is 5.97 Å². The summed E-state index contributed by atoms with van der Waals surface area (Å²) in [4.78, 5) is 40.6. The molecule has 3 aromatic rings. The predicted molar refractivity (Wildman–Crippen MR) is 106 cm³/mol. The van der Waals surface area contributed by atoms with Crippen LogP contribution in [-0.4, -0.2) is 29.3 Å². The maximum absolute atomic E-state index is 12.4. The number of rotatable bonds is 5. The lowest BCUT2D eigenvalue weighted by Crippen LogP contribution is -2.14. The highest BCUT2D eigenvalue weighted by Crippen LogP contribution is 2.32. The summed E-state index contributed by atoms with van der Waals surface area (Å²) in [6, 6.07) is 14.5. The second-order valence-electron chi connectivity index (χ2n) is 6.42. The molecule has 0 spiro atoms. The molecule has 0 saturated carbocycles. The van der Waals surface area contributed by atoms with Crippen molar-refractivity contribution in [3.63, 3.8) is 0 Å². The van der Waals surface area contributed by atoms with E-state index in [9.17, 15) is 14.4 Å². The summed E-state index contributed by atoms with van der Waals surface area (Å²) in [5.41, 5.74) is 2.97. The number of anilines is 1. The lowest BCUT2D eigenvalue weighted by atomic mass is 9.99. The normalized spacial score (nSPS) is 15.0. The van der Waals surface area contributed by atoms with Gasteiger partial charge in [-0.25, -0.2) is 9.78 Å². The van der Waals surface area contributed by atoms with Crippen molar-refractivity contribution in [2.75, 3.05) is 11.9 Å². The number of nitrogens with zero attached hydrogens (tertiary/aromatic N) is 1. The Balaban J connectivity index is 1.41. The van der Waals surface area contributed by atoms with Gasteiger partial charge in [0.15, 0.2) is 18.1 Å². The molecule has 4 rings (SSSR count). The van der Waals surface area contributed by atoms with Crippen molar-refractivity contribution in [1.29, 1.82) is 0 Å². The zero-order valence-corrected chi connectivity index (χ0v) is 15.8. The highest BCUT2D eigenvalue weighted by molar-refractivity contribution is 7.13. The van der Waals surface area contributed by atoms with Gasteiger partial charge in [0.25, 0.3) is 0 Å². The molecular formula is C21H16N2O4S. The van der Waals surface area contributed by atoms with Gasteiger partial charge in [-0.3, -0.25) is 9.59 Å². The third kappa shape index (κ3) is 3.44. The number of amides is 1. The van der Waals surface area contributed by atoms with E-state index in [2.05, 4.69) is 10.3 Å². The van der Waals surface area contributed by atoms with Crippen molar-refractivity contribution in [2.45, 2.75) is 12.8 Å². The number of thiazole rings is 1. The Bertz CT molecular complexity index is 1080. The number of nitrogens with one attached hydrogen (secondary N) is 1. The lowest BCUT2D eigenvalue weighted by molar-refractivity contribution is -0.116. The molecule has 7 heteroatoms. The average molecular weight is 392 g/mol. The van der Waals surface area contributed by atoms with Crippen LogP contribution in [0.4, 0.5) is 5.69 Å². The molecule has 1 amide bonds. The minimum atomic E-state index is -0.641. The van der Waals surface area contributed by atoms with Crippen LogP contribution in [-0.2, 0) is 9.53 Å². The van der Waals surface area contributed by atoms with Crippen molar-refractivity contribution >= 4 is 34.7 Å². The first-order valence-corrected chi connectivity index (χ1v) is 9.57. The predicted octanol–water partition coefficient (Wildman–Crippen LogP) is 3.91. The van der Waals surface area contributed by atoms with E-state index in [1.165, 1.54) is 11.3 Å². The molecule has 0 aliphatic carbocycles. The first-order valence-electron chi connectivity index (χ1n) is 8.69. The Morgan fingerprint density at radius 1 is 1.18 bits per heavy atom. The quantitative estimate of drug-likeness (QED) is 0.526. The zero-order chi connectivity index (χ0) is 19.7. The lowest BCUT2D eigenvalue weighted by Gasteiger charge is -2.06. The van der Waals surface area contributed by atoms with Crippen LogP contribution in [0.25, 0.3) is 10.6 Å². The van der Waals surface area contributed by atoms with Crippen LogP contribution in [0.5, 0.6) is 0 Å². The Morgan fingerprint density at radius 3 is 2.75 bits per heavy atom. The molecule has 0 bridgehead atoms. The van der Waals surface area contributed by atoms with Crippen molar-refractivity contribution in [3.8, 4) is 10.6 Å². The number of ether oxygens (including phenoxy) is 1. The molecule has 2 aromatic carbocycles. The van der Waals surface area contributed by atoms with Crippen LogP contribution < -0.4 is 5.32 Å². The third-order valence-electron chi connectivity index (χ3n) is 4.56. The summed E-state index contributed by atoms with van der Waals surface area (Å²) in [7, 11) is 0. The first-order chi connectivity index (χ1) is 13.5. The Morgan fingerprint density at radius 2 is 1.96 bits per heavy atom. The van der Waals surface area contributed by atoms with Crippen LogP contribution in [0.3, 0.4) is 0 Å². The molecule has 28 heavy (non-hydrogen) atoms. The minimum Gasteiger partial charge on any atom is -0.453 e. The smallest absolute Gasteiger partial charge is 0.358 e. The summed E-state index contributed by atoms with van der Waals surface area (Å²) >= 11 is 1.34. The Kier molecular flexibility index (Phi) is 4.75. The number of hydrogen-bond acceptors (Lipinski definition) is 6. The molecule has 6 nitrogen and oxygen atoms in total. The average Bonchev–Trinajstić information content (AvgIpc) is 3.32. The van der Waals surface area contributed by atoms with Gasteiger partial charge in [0, 0.05) is 22.2 Å². The Hall–Kier alpha value is -3.32. The minimum absolute atomic E-state index is 0.0937. The van der Waals surface area contributed by atoms with Crippen LogP contribution >= 0.6 is 11.3 Å². The molecule has 1 N–H and O–H groups in total. The molecule has 1 aliphatic heterocycles. The molecule has 1 aliphatic rings. The number of carbonyl (C=O) groups excluding carboxylic acids is 3. The molecule has 0 fully saturated rings. The number of hydrogen-bond donors (Lipinski definition) is 1. The summed E-state index contributed by atoms with van der Waals surface area (Å²) < 4.78 is 5.13. The maximum Gasteiger partial charge on any atom is 0.358 e. The molecule has 0 saturated heterocycles. The van der Waals surface area contributed by atoms with Gasteiger partial charge in [0.1, 0.15) is 5.01 Å². The van der Waals surface area contributed by atoms with E-state index in [0.717, 1.165) is 11.1 Å². The monoisotopic (exact) mass is 392 g/mol. The van der Waals surface area contributed by atoms with E-state index in [1.54, 1.807) is 30.5 Å².